The van der Waals surface area contributed by atoms with Crippen LogP contribution in [0.1, 0.15) is 12.8 Å². The summed E-state index contributed by atoms with van der Waals surface area (Å²) in [4.78, 5) is 13.7. The summed E-state index contributed by atoms with van der Waals surface area (Å²) in [6.07, 6.45) is 1.82. The van der Waals surface area contributed by atoms with E-state index in [9.17, 15) is 4.79 Å². The molecule has 0 saturated carbocycles. The van der Waals surface area contributed by atoms with Crippen molar-refractivity contribution in [1.82, 2.24) is 4.67 Å². The molecule has 1 heterocycles. The highest BCUT2D eigenvalue weighted by molar-refractivity contribution is 7.71. The second-order valence-electron chi connectivity index (χ2n) is 8.18. The maximum absolute atomic E-state index is 13.7. The first-order valence-electron chi connectivity index (χ1n) is 11.6. The molecule has 5 heteroatoms. The van der Waals surface area contributed by atoms with Crippen molar-refractivity contribution < 1.29 is 9.32 Å². The molecule has 0 amide bonds. The Balaban J connectivity index is 1.45. The summed E-state index contributed by atoms with van der Waals surface area (Å²) < 4.78 is 8.75. The summed E-state index contributed by atoms with van der Waals surface area (Å²) in [6, 6.07) is 41.1. The van der Waals surface area contributed by atoms with Gasteiger partial charge in [-0.3, -0.25) is 9.46 Å². The molecule has 3 nitrogen and oxygen atoms in total. The van der Waals surface area contributed by atoms with Crippen molar-refractivity contribution in [2.75, 3.05) is 6.54 Å². The minimum atomic E-state index is -1.22. The molecule has 1 aliphatic heterocycles. The van der Waals surface area contributed by atoms with Gasteiger partial charge in [-0.05, 0) is 23.5 Å². The van der Waals surface area contributed by atoms with Gasteiger partial charge in [-0.25, -0.2) is 0 Å². The van der Waals surface area contributed by atoms with Crippen molar-refractivity contribution in [3.63, 3.8) is 0 Å². The minimum absolute atomic E-state index is 0.115. The first kappa shape index (κ1) is 22.9. The number of nitrogens with zero attached hydrogens (tertiary/aromatic N) is 1. The third-order valence-electron chi connectivity index (χ3n) is 5.92. The van der Waals surface area contributed by atoms with E-state index in [0.717, 1.165) is 30.0 Å². The fourth-order valence-electron chi connectivity index (χ4n) is 4.35. The molecule has 0 aromatic heterocycles. The quantitative estimate of drug-likeness (QED) is 0.343. The normalized spacial score (nSPS) is 16.1. The number of hydrogen-bond acceptors (Lipinski definition) is 3. The summed E-state index contributed by atoms with van der Waals surface area (Å²) in [7, 11) is -2.04. The second-order valence-corrected chi connectivity index (χ2v) is 12.2. The number of rotatable bonds is 7. The fourth-order valence-corrected chi connectivity index (χ4v) is 8.67. The van der Waals surface area contributed by atoms with Crippen molar-refractivity contribution in [3.05, 3.63) is 121 Å². The zero-order chi connectivity index (χ0) is 23.2. The molecule has 4 aromatic carbocycles. The Kier molecular flexibility index (Phi) is 7.46. The van der Waals surface area contributed by atoms with Crippen LogP contribution in [0, 0.1) is 0 Å². The van der Waals surface area contributed by atoms with Crippen molar-refractivity contribution in [2.24, 2.45) is 0 Å². The Morgan fingerprint density at radius 1 is 0.647 bits per heavy atom. The van der Waals surface area contributed by atoms with Gasteiger partial charge in [0.05, 0.1) is 0 Å². The van der Waals surface area contributed by atoms with E-state index < -0.39 is 16.2 Å². The summed E-state index contributed by atoms with van der Waals surface area (Å²) in [5.41, 5.74) is 0. The van der Waals surface area contributed by atoms with Crippen molar-refractivity contribution in [2.45, 2.75) is 18.9 Å². The van der Waals surface area contributed by atoms with E-state index in [4.69, 9.17) is 4.52 Å². The molecule has 1 atom stereocenters. The van der Waals surface area contributed by atoms with E-state index in [2.05, 4.69) is 77.5 Å². The number of carbonyl (C=O) groups is 1. The lowest BCUT2D eigenvalue weighted by molar-refractivity contribution is -0.136. The molecule has 5 rings (SSSR count). The van der Waals surface area contributed by atoms with Crippen molar-refractivity contribution in [3.8, 4) is 0 Å². The summed E-state index contributed by atoms with van der Waals surface area (Å²) >= 11 is 0. The average Bonchev–Trinajstić information content (AvgIpc) is 3.39. The number of hydrogen-bond donors (Lipinski definition) is 0. The third kappa shape index (κ3) is 5.13. The van der Waals surface area contributed by atoms with Crippen LogP contribution >= 0.6 is 16.2 Å². The average molecular weight is 483 g/mol. The smallest absolute Gasteiger partial charge is 0.326 e. The molecule has 34 heavy (non-hydrogen) atoms. The van der Waals surface area contributed by atoms with Gasteiger partial charge in [-0.1, -0.05) is 121 Å². The maximum Gasteiger partial charge on any atom is 0.326 e. The second kappa shape index (κ2) is 11.1. The van der Waals surface area contributed by atoms with Gasteiger partial charge in [0.2, 0.25) is 0 Å². The van der Waals surface area contributed by atoms with E-state index in [1.165, 1.54) is 10.6 Å². The highest BCUT2D eigenvalue weighted by Gasteiger charge is 2.39. The zero-order valence-electron chi connectivity index (χ0n) is 18.9. The molecule has 1 saturated heterocycles. The first-order chi connectivity index (χ1) is 16.8. The fraction of sp³-hybridized carbons (Fsp3) is 0.138. The molecular formula is C29H27NO2P2. The van der Waals surface area contributed by atoms with Crippen LogP contribution in [0.4, 0.5) is 0 Å². The molecule has 1 aliphatic rings. The SMILES string of the molecule is O=C(OP(c1ccccc1)c1ccccc1)[C@@H]1CCCN1P(c1ccccc1)c1ccccc1. The predicted molar refractivity (Wildman–Crippen MR) is 144 cm³/mol. The Hall–Kier alpha value is -2.83. The van der Waals surface area contributed by atoms with Crippen molar-refractivity contribution in [1.29, 1.82) is 0 Å². The number of benzene rings is 4. The molecule has 0 aliphatic carbocycles. The topological polar surface area (TPSA) is 29.5 Å². The van der Waals surface area contributed by atoms with Gasteiger partial charge < -0.3 is 4.52 Å². The van der Waals surface area contributed by atoms with E-state index in [1.54, 1.807) is 0 Å². The Labute approximate surface area is 204 Å². The van der Waals surface area contributed by atoms with Crippen LogP contribution in [-0.4, -0.2) is 23.2 Å². The molecule has 0 unspecified atom stereocenters. The molecular weight excluding hydrogens is 456 g/mol. The van der Waals surface area contributed by atoms with E-state index in [-0.39, 0.29) is 12.0 Å². The van der Waals surface area contributed by atoms with E-state index >= 15 is 0 Å². The molecule has 0 spiro atoms. The highest BCUT2D eigenvalue weighted by Crippen LogP contribution is 2.45. The van der Waals surface area contributed by atoms with Gasteiger partial charge >= 0.3 is 5.97 Å². The van der Waals surface area contributed by atoms with Crippen LogP contribution in [-0.2, 0) is 9.32 Å². The lowest BCUT2D eigenvalue weighted by Gasteiger charge is -2.33. The van der Waals surface area contributed by atoms with Crippen molar-refractivity contribution >= 4 is 43.4 Å². The molecule has 0 N–H and O–H groups in total. The number of carbonyl (C=O) groups excluding carboxylic acids is 1. The molecule has 1 fully saturated rings. The van der Waals surface area contributed by atoms with Gasteiger partial charge in [-0.15, -0.1) is 0 Å². The highest BCUT2D eigenvalue weighted by atomic mass is 31.1. The van der Waals surface area contributed by atoms with Crippen LogP contribution in [0.2, 0.25) is 0 Å². The monoisotopic (exact) mass is 483 g/mol. The maximum atomic E-state index is 13.7. The lowest BCUT2D eigenvalue weighted by atomic mass is 10.2. The lowest BCUT2D eigenvalue weighted by Crippen LogP contribution is -2.38. The largest absolute Gasteiger partial charge is 0.434 e. The third-order valence-corrected chi connectivity index (χ3v) is 10.4. The summed E-state index contributed by atoms with van der Waals surface area (Å²) in [6.45, 7) is 0.893. The first-order valence-corrected chi connectivity index (χ1v) is 14.2. The minimum Gasteiger partial charge on any atom is -0.434 e. The van der Waals surface area contributed by atoms with Crippen LogP contribution in [0.15, 0.2) is 121 Å². The Morgan fingerprint density at radius 2 is 1.06 bits per heavy atom. The molecule has 0 radical (unpaired) electrons. The molecule has 170 valence electrons. The summed E-state index contributed by atoms with van der Waals surface area (Å²) in [5, 5.41) is 4.62. The summed E-state index contributed by atoms with van der Waals surface area (Å²) in [5.74, 6) is -0.115. The van der Waals surface area contributed by atoms with Gasteiger partial charge in [-0.2, -0.15) is 0 Å². The standard InChI is InChI=1S/C29H27NO2P2/c31-29(32-34(26-18-9-3-10-19-26)27-20-11-4-12-21-27)28-22-13-23-30(28)33(24-14-5-1-6-15-24)25-16-7-2-8-17-25/h1-12,14-21,28H,13,22-23H2/t28-/m0/s1. The molecule has 4 aromatic rings. The zero-order valence-corrected chi connectivity index (χ0v) is 20.7. The molecule has 0 bridgehead atoms. The van der Waals surface area contributed by atoms with Gasteiger partial charge in [0, 0.05) is 25.2 Å². The van der Waals surface area contributed by atoms with Crippen LogP contribution < -0.4 is 21.2 Å². The predicted octanol–water partition coefficient (Wildman–Crippen LogP) is 5.09. The van der Waals surface area contributed by atoms with Gasteiger partial charge in [0.1, 0.15) is 6.04 Å². The van der Waals surface area contributed by atoms with Crippen LogP contribution in [0.25, 0.3) is 0 Å². The van der Waals surface area contributed by atoms with Gasteiger partial charge in [0.25, 0.3) is 0 Å². The van der Waals surface area contributed by atoms with Crippen LogP contribution in [0.5, 0.6) is 0 Å². The van der Waals surface area contributed by atoms with Gasteiger partial charge in [0.15, 0.2) is 8.15 Å². The Bertz CT molecular complexity index is 1110. The Morgan fingerprint density at radius 3 is 1.50 bits per heavy atom. The van der Waals surface area contributed by atoms with E-state index in [1.807, 2.05) is 48.5 Å². The van der Waals surface area contributed by atoms with E-state index in [0.29, 0.717) is 0 Å². The van der Waals surface area contributed by atoms with Crippen LogP contribution in [0.3, 0.4) is 0 Å².